The predicted molar refractivity (Wildman–Crippen MR) is 167 cm³/mol. The summed E-state index contributed by atoms with van der Waals surface area (Å²) in [5.41, 5.74) is 2.06. The number of rotatable bonds is 6. The Balaban J connectivity index is 1.05. The van der Waals surface area contributed by atoms with E-state index in [9.17, 15) is 45.6 Å². The van der Waals surface area contributed by atoms with Gasteiger partial charge in [-0.25, -0.2) is 0 Å². The normalized spacial score (nSPS) is 53.0. The third-order valence-corrected chi connectivity index (χ3v) is 13.5. The summed E-state index contributed by atoms with van der Waals surface area (Å²) in [5, 5.41) is 85.0. The van der Waals surface area contributed by atoms with Crippen molar-refractivity contribution < 1.29 is 69.3 Å². The molecular formula is C35H52O14. The summed E-state index contributed by atoms with van der Waals surface area (Å²) in [7, 11) is 0. The van der Waals surface area contributed by atoms with Gasteiger partial charge in [-0.1, -0.05) is 31.1 Å². The van der Waals surface area contributed by atoms with E-state index in [4.69, 9.17) is 23.7 Å². The lowest BCUT2D eigenvalue weighted by atomic mass is 9.46. The SMILES string of the molecule is CC12CCC(OC3OC(CO)C(O)C(OC4OC(CO)C(O)C(O)C4O)C3O)CC1=CCC1C2CCC2(C)C(=C3COC(=O)C3)CCC12O. The molecule has 16 atom stereocenters. The van der Waals surface area contributed by atoms with Crippen molar-refractivity contribution >= 4 is 5.97 Å². The molecule has 7 rings (SSSR count). The number of ether oxygens (including phenoxy) is 5. The Kier molecular flexibility index (Phi) is 9.62. The molecule has 14 heteroatoms. The summed E-state index contributed by atoms with van der Waals surface area (Å²) in [4.78, 5) is 11.9. The van der Waals surface area contributed by atoms with Gasteiger partial charge in [0.1, 0.15) is 55.4 Å². The predicted octanol–water partition coefficient (Wildman–Crippen LogP) is -0.683. The van der Waals surface area contributed by atoms with Gasteiger partial charge in [-0.2, -0.15) is 0 Å². The molecule has 0 spiro atoms. The average Bonchev–Trinajstić information content (AvgIpc) is 3.63. The molecule has 0 amide bonds. The lowest BCUT2D eigenvalue weighted by Crippen LogP contribution is -2.65. The quantitative estimate of drug-likeness (QED) is 0.127. The van der Waals surface area contributed by atoms with Crippen molar-refractivity contribution in [2.24, 2.45) is 22.7 Å². The number of esters is 1. The van der Waals surface area contributed by atoms with Crippen LogP contribution in [0.4, 0.5) is 0 Å². The minimum Gasteiger partial charge on any atom is -0.461 e. The molecule has 3 saturated heterocycles. The molecule has 14 nitrogen and oxygen atoms in total. The van der Waals surface area contributed by atoms with Crippen LogP contribution < -0.4 is 0 Å². The minimum absolute atomic E-state index is 0.0733. The molecular weight excluding hydrogens is 644 g/mol. The van der Waals surface area contributed by atoms with Crippen LogP contribution >= 0.6 is 0 Å². The van der Waals surface area contributed by atoms with Gasteiger partial charge in [0.05, 0.1) is 31.3 Å². The van der Waals surface area contributed by atoms with Crippen molar-refractivity contribution in [3.63, 3.8) is 0 Å². The van der Waals surface area contributed by atoms with E-state index >= 15 is 0 Å². The standard InChI is InChI=1S/C35H52O14/c1-33-8-5-18(46-32-29(43)30(26(40)23(14-37)48-32)49-31-28(42)27(41)25(39)22(13-36)47-31)12-17(33)3-4-21-20(33)6-9-34(2)19(7-10-35(21,34)44)16-11-24(38)45-15-16/h3,18,20-23,25-32,36-37,39-44H,4-15H2,1-2H3. The molecule has 0 aromatic carbocycles. The molecule has 3 aliphatic heterocycles. The topological polar surface area (TPSA) is 225 Å². The zero-order chi connectivity index (χ0) is 35.0. The van der Waals surface area contributed by atoms with Gasteiger partial charge in [0.15, 0.2) is 12.6 Å². The highest BCUT2D eigenvalue weighted by atomic mass is 16.7. The summed E-state index contributed by atoms with van der Waals surface area (Å²) in [6.45, 7) is 3.48. The number of cyclic esters (lactones) is 1. The molecule has 16 unspecified atom stereocenters. The molecule has 6 fully saturated rings. The van der Waals surface area contributed by atoms with E-state index in [1.165, 1.54) is 11.1 Å². The molecule has 0 aromatic heterocycles. The van der Waals surface area contributed by atoms with Crippen LogP contribution in [0.25, 0.3) is 0 Å². The minimum atomic E-state index is -1.76. The number of fused-ring (bicyclic) bond motifs is 5. The molecule has 49 heavy (non-hydrogen) atoms. The van der Waals surface area contributed by atoms with Gasteiger partial charge < -0.3 is 64.5 Å². The number of carbonyl (C=O) groups is 1. The third-order valence-electron chi connectivity index (χ3n) is 13.5. The number of carbonyl (C=O) groups excluding carboxylic acids is 1. The Bertz CT molecular complexity index is 1330. The monoisotopic (exact) mass is 696 g/mol. The first-order valence-corrected chi connectivity index (χ1v) is 17.8. The maximum Gasteiger partial charge on any atom is 0.310 e. The first-order chi connectivity index (χ1) is 23.3. The number of allylic oxidation sites excluding steroid dienone is 1. The summed E-state index contributed by atoms with van der Waals surface area (Å²) in [6.07, 6.45) is -6.93. The van der Waals surface area contributed by atoms with Crippen LogP contribution in [0.15, 0.2) is 22.8 Å². The summed E-state index contributed by atoms with van der Waals surface area (Å²) >= 11 is 0. The van der Waals surface area contributed by atoms with Gasteiger partial charge in [-0.15, -0.1) is 0 Å². The van der Waals surface area contributed by atoms with Crippen LogP contribution in [0.5, 0.6) is 0 Å². The highest BCUT2D eigenvalue weighted by Crippen LogP contribution is 2.68. The zero-order valence-electron chi connectivity index (χ0n) is 28.1. The maximum absolute atomic E-state index is 12.5. The second-order valence-electron chi connectivity index (χ2n) is 15.8. The Hall–Kier alpha value is -1.53. The zero-order valence-corrected chi connectivity index (χ0v) is 28.1. The van der Waals surface area contributed by atoms with Crippen molar-refractivity contribution in [1.82, 2.24) is 0 Å². The molecule has 3 heterocycles. The lowest BCUT2D eigenvalue weighted by molar-refractivity contribution is -0.364. The summed E-state index contributed by atoms with van der Waals surface area (Å²) < 4.78 is 28.6. The van der Waals surface area contributed by atoms with E-state index in [0.29, 0.717) is 32.3 Å². The van der Waals surface area contributed by atoms with Crippen LogP contribution in [0.3, 0.4) is 0 Å². The second-order valence-corrected chi connectivity index (χ2v) is 15.8. The van der Waals surface area contributed by atoms with Crippen molar-refractivity contribution in [3.8, 4) is 0 Å². The fraction of sp³-hybridized carbons (Fsp3) is 0.857. The molecule has 0 aromatic rings. The van der Waals surface area contributed by atoms with Crippen molar-refractivity contribution in [2.45, 2.75) is 145 Å². The van der Waals surface area contributed by atoms with Gasteiger partial charge in [-0.05, 0) is 74.2 Å². The van der Waals surface area contributed by atoms with Crippen LogP contribution in [-0.4, -0.2) is 140 Å². The van der Waals surface area contributed by atoms with Crippen molar-refractivity contribution in [3.05, 3.63) is 22.8 Å². The molecule has 3 saturated carbocycles. The maximum atomic E-state index is 12.5. The highest BCUT2D eigenvalue weighted by molar-refractivity contribution is 5.76. The average molecular weight is 697 g/mol. The summed E-state index contributed by atoms with van der Waals surface area (Å²) in [5.74, 6) is 0.140. The van der Waals surface area contributed by atoms with Crippen molar-refractivity contribution in [1.29, 1.82) is 0 Å². The molecule has 8 N–H and O–H groups in total. The van der Waals surface area contributed by atoms with Crippen LogP contribution in [0.1, 0.15) is 71.6 Å². The molecule has 0 radical (unpaired) electrons. The van der Waals surface area contributed by atoms with Crippen LogP contribution in [-0.2, 0) is 28.5 Å². The third kappa shape index (κ3) is 5.66. The second kappa shape index (κ2) is 13.2. The van der Waals surface area contributed by atoms with Gasteiger partial charge >= 0.3 is 5.97 Å². The molecule has 276 valence electrons. The first kappa shape index (κ1) is 35.9. The summed E-state index contributed by atoms with van der Waals surface area (Å²) in [6, 6.07) is 0. The van der Waals surface area contributed by atoms with E-state index in [1.807, 2.05) is 0 Å². The van der Waals surface area contributed by atoms with Crippen LogP contribution in [0, 0.1) is 22.7 Å². The van der Waals surface area contributed by atoms with E-state index in [2.05, 4.69) is 19.9 Å². The van der Waals surface area contributed by atoms with Gasteiger partial charge in [-0.3, -0.25) is 4.79 Å². The van der Waals surface area contributed by atoms with Gasteiger partial charge in [0.25, 0.3) is 0 Å². The van der Waals surface area contributed by atoms with Crippen molar-refractivity contribution in [2.75, 3.05) is 19.8 Å². The van der Waals surface area contributed by atoms with Crippen LogP contribution in [0.2, 0.25) is 0 Å². The fourth-order valence-electron chi connectivity index (χ4n) is 10.6. The van der Waals surface area contributed by atoms with E-state index < -0.39 is 85.6 Å². The number of hydrogen-bond donors (Lipinski definition) is 8. The smallest absolute Gasteiger partial charge is 0.310 e. The first-order valence-electron chi connectivity index (χ1n) is 17.8. The fourth-order valence-corrected chi connectivity index (χ4v) is 10.6. The highest BCUT2D eigenvalue weighted by Gasteiger charge is 2.65. The molecule has 4 aliphatic carbocycles. The molecule has 7 aliphatic rings. The van der Waals surface area contributed by atoms with E-state index in [-0.39, 0.29) is 29.3 Å². The Morgan fingerprint density at radius 3 is 2.20 bits per heavy atom. The Labute approximate surface area is 285 Å². The Morgan fingerprint density at radius 1 is 0.837 bits per heavy atom. The van der Waals surface area contributed by atoms with E-state index in [1.54, 1.807) is 0 Å². The van der Waals surface area contributed by atoms with E-state index in [0.717, 1.165) is 37.7 Å². The number of hydrogen-bond acceptors (Lipinski definition) is 14. The lowest BCUT2D eigenvalue weighted by Gasteiger charge is -2.60. The Morgan fingerprint density at radius 2 is 1.53 bits per heavy atom. The largest absolute Gasteiger partial charge is 0.461 e. The van der Waals surface area contributed by atoms with Gasteiger partial charge in [0.2, 0.25) is 0 Å². The van der Waals surface area contributed by atoms with Gasteiger partial charge in [0, 0.05) is 5.41 Å². The number of aliphatic hydroxyl groups is 8. The molecule has 0 bridgehead atoms. The number of aliphatic hydroxyl groups excluding tert-OH is 7.